The quantitative estimate of drug-likeness (QED) is 0.885. The summed E-state index contributed by atoms with van der Waals surface area (Å²) in [5, 5.41) is 14.6. The van der Waals surface area contributed by atoms with Crippen LogP contribution in [0.25, 0.3) is 0 Å². The van der Waals surface area contributed by atoms with Crippen LogP contribution in [0.3, 0.4) is 0 Å². The van der Waals surface area contributed by atoms with Crippen molar-refractivity contribution in [3.63, 3.8) is 0 Å². The molecule has 2 N–H and O–H groups in total. The molecule has 0 aliphatic rings. The summed E-state index contributed by atoms with van der Waals surface area (Å²) in [5.74, 6) is -1.72. The van der Waals surface area contributed by atoms with Crippen molar-refractivity contribution in [2.75, 3.05) is 12.4 Å². The zero-order valence-electron chi connectivity index (χ0n) is 10.2. The summed E-state index contributed by atoms with van der Waals surface area (Å²) in [5.41, 5.74) is 0.360. The Balaban J connectivity index is 2.16. The van der Waals surface area contributed by atoms with E-state index in [1.165, 1.54) is 7.11 Å². The van der Waals surface area contributed by atoms with Gasteiger partial charge in [0.05, 0.1) is 11.6 Å². The average Bonchev–Trinajstić information content (AvgIpc) is 2.91. The Morgan fingerprint density at radius 3 is 2.75 bits per heavy atom. The number of amides is 1. The van der Waals surface area contributed by atoms with Crippen LogP contribution in [0.2, 0.25) is 0 Å². The van der Waals surface area contributed by atoms with Crippen LogP contribution in [0.15, 0.2) is 33.3 Å². The van der Waals surface area contributed by atoms with E-state index in [-0.39, 0.29) is 5.69 Å². The van der Waals surface area contributed by atoms with Crippen LogP contribution in [0.1, 0.15) is 21.0 Å². The van der Waals surface area contributed by atoms with Crippen LogP contribution in [-0.2, 0) is 0 Å². The molecule has 0 bridgehead atoms. The maximum atomic E-state index is 11.9. The van der Waals surface area contributed by atoms with Gasteiger partial charge in [0.2, 0.25) is 5.76 Å². The number of aromatic carboxylic acids is 1. The molecule has 104 valence electrons. The second-order valence-electron chi connectivity index (χ2n) is 3.69. The van der Waals surface area contributed by atoms with Gasteiger partial charge in [-0.25, -0.2) is 4.79 Å². The number of anilines is 1. The fourth-order valence-corrected chi connectivity index (χ4v) is 1.82. The fourth-order valence-electron chi connectivity index (χ4n) is 1.42. The first kappa shape index (κ1) is 14.1. The van der Waals surface area contributed by atoms with Gasteiger partial charge >= 0.3 is 5.97 Å². The van der Waals surface area contributed by atoms with Gasteiger partial charge in [0.1, 0.15) is 5.75 Å². The highest BCUT2D eigenvalue weighted by Crippen LogP contribution is 2.28. The number of hydrogen-bond acceptors (Lipinski definition) is 5. The third-order valence-corrected chi connectivity index (χ3v) is 3.02. The lowest BCUT2D eigenvalue weighted by Crippen LogP contribution is -2.12. The van der Waals surface area contributed by atoms with Gasteiger partial charge in [-0.2, -0.15) is 0 Å². The Morgan fingerprint density at radius 2 is 2.15 bits per heavy atom. The molecule has 7 nitrogen and oxygen atoms in total. The van der Waals surface area contributed by atoms with Crippen molar-refractivity contribution in [3.8, 4) is 5.75 Å². The first-order valence-corrected chi connectivity index (χ1v) is 6.15. The molecule has 1 amide bonds. The summed E-state index contributed by atoms with van der Waals surface area (Å²) >= 11 is 3.29. The number of methoxy groups -OCH3 is 1. The molecule has 0 spiro atoms. The highest BCUT2D eigenvalue weighted by molar-refractivity contribution is 9.10. The zero-order valence-corrected chi connectivity index (χ0v) is 11.8. The van der Waals surface area contributed by atoms with Crippen LogP contribution in [0.5, 0.6) is 5.75 Å². The predicted molar refractivity (Wildman–Crippen MR) is 72.1 cm³/mol. The Morgan fingerprint density at radius 1 is 1.40 bits per heavy atom. The van der Waals surface area contributed by atoms with Crippen molar-refractivity contribution in [3.05, 3.63) is 40.2 Å². The highest BCUT2D eigenvalue weighted by atomic mass is 79.9. The summed E-state index contributed by atoms with van der Waals surface area (Å²) in [6.07, 6.45) is 0. The third kappa shape index (κ3) is 2.97. The van der Waals surface area contributed by atoms with Gasteiger partial charge in [-0.05, 0) is 28.1 Å². The molecule has 0 fully saturated rings. The molecule has 2 rings (SSSR count). The number of rotatable bonds is 4. The number of halogens is 1. The van der Waals surface area contributed by atoms with E-state index < -0.39 is 17.6 Å². The molecule has 0 unspecified atom stereocenters. The van der Waals surface area contributed by atoms with E-state index in [9.17, 15) is 9.59 Å². The SMILES string of the molecule is COc1cc(NC(=O)c2cc(C(=O)O)on2)ccc1Br. The number of hydrogen-bond donors (Lipinski definition) is 2. The van der Waals surface area contributed by atoms with Crippen molar-refractivity contribution < 1.29 is 24.0 Å². The van der Waals surface area contributed by atoms with Crippen molar-refractivity contribution in [2.45, 2.75) is 0 Å². The second kappa shape index (κ2) is 5.74. The van der Waals surface area contributed by atoms with E-state index >= 15 is 0 Å². The minimum atomic E-state index is -1.29. The minimum Gasteiger partial charge on any atom is -0.495 e. The maximum Gasteiger partial charge on any atom is 0.374 e. The van der Waals surface area contributed by atoms with Gasteiger partial charge in [-0.15, -0.1) is 0 Å². The Bertz CT molecular complexity index is 668. The molecule has 0 radical (unpaired) electrons. The second-order valence-corrected chi connectivity index (χ2v) is 4.54. The van der Waals surface area contributed by atoms with E-state index in [2.05, 4.69) is 30.9 Å². The standard InChI is InChI=1S/C12H9BrN2O5/c1-19-9-4-6(2-3-7(9)13)14-11(16)8-5-10(12(17)18)20-15-8/h2-5H,1H3,(H,14,16)(H,17,18). The van der Waals surface area contributed by atoms with Crippen LogP contribution in [-0.4, -0.2) is 29.2 Å². The van der Waals surface area contributed by atoms with Crippen molar-refractivity contribution in [2.24, 2.45) is 0 Å². The summed E-state index contributed by atoms with van der Waals surface area (Å²) in [4.78, 5) is 22.5. The Labute approximate surface area is 121 Å². The highest BCUT2D eigenvalue weighted by Gasteiger charge is 2.17. The topological polar surface area (TPSA) is 102 Å². The number of carbonyl (C=O) groups excluding carboxylic acids is 1. The lowest BCUT2D eigenvalue weighted by atomic mass is 10.3. The van der Waals surface area contributed by atoms with Gasteiger partial charge in [-0.1, -0.05) is 5.16 Å². The fraction of sp³-hybridized carbons (Fsp3) is 0.0833. The molecular weight excluding hydrogens is 332 g/mol. The number of ether oxygens (including phenoxy) is 1. The molecule has 0 aliphatic carbocycles. The van der Waals surface area contributed by atoms with Gasteiger partial charge < -0.3 is 19.7 Å². The van der Waals surface area contributed by atoms with Gasteiger partial charge in [0.15, 0.2) is 5.69 Å². The monoisotopic (exact) mass is 340 g/mol. The molecule has 0 saturated carbocycles. The normalized spacial score (nSPS) is 10.1. The van der Waals surface area contributed by atoms with E-state index in [4.69, 9.17) is 9.84 Å². The van der Waals surface area contributed by atoms with Crippen molar-refractivity contribution in [1.29, 1.82) is 0 Å². The third-order valence-electron chi connectivity index (χ3n) is 2.36. The summed E-state index contributed by atoms with van der Waals surface area (Å²) in [6.45, 7) is 0. The number of aromatic nitrogens is 1. The summed E-state index contributed by atoms with van der Waals surface area (Å²) < 4.78 is 10.3. The lowest BCUT2D eigenvalue weighted by molar-refractivity contribution is 0.0651. The summed E-state index contributed by atoms with van der Waals surface area (Å²) in [6, 6.07) is 6.02. The summed E-state index contributed by atoms with van der Waals surface area (Å²) in [7, 11) is 1.50. The van der Waals surface area contributed by atoms with E-state index in [0.717, 1.165) is 10.5 Å². The first-order chi connectivity index (χ1) is 9.51. The van der Waals surface area contributed by atoms with Crippen LogP contribution >= 0.6 is 15.9 Å². The largest absolute Gasteiger partial charge is 0.495 e. The van der Waals surface area contributed by atoms with Crippen LogP contribution in [0, 0.1) is 0 Å². The van der Waals surface area contributed by atoms with E-state index in [1.54, 1.807) is 18.2 Å². The number of nitrogens with one attached hydrogen (secondary N) is 1. The lowest BCUT2D eigenvalue weighted by Gasteiger charge is -2.07. The zero-order chi connectivity index (χ0) is 14.7. The van der Waals surface area contributed by atoms with Gasteiger partial charge in [0, 0.05) is 17.8 Å². The molecule has 20 heavy (non-hydrogen) atoms. The molecule has 1 heterocycles. The smallest absolute Gasteiger partial charge is 0.374 e. The molecule has 0 saturated heterocycles. The van der Waals surface area contributed by atoms with Gasteiger partial charge in [0.25, 0.3) is 5.91 Å². The van der Waals surface area contributed by atoms with Crippen molar-refractivity contribution in [1.82, 2.24) is 5.16 Å². The Kier molecular flexibility index (Phi) is 4.04. The first-order valence-electron chi connectivity index (χ1n) is 5.36. The molecule has 0 aliphatic heterocycles. The average molecular weight is 341 g/mol. The maximum absolute atomic E-state index is 11.9. The molecule has 1 aromatic heterocycles. The molecular formula is C12H9BrN2O5. The number of nitrogens with zero attached hydrogens (tertiary/aromatic N) is 1. The van der Waals surface area contributed by atoms with Crippen LogP contribution in [0.4, 0.5) is 5.69 Å². The van der Waals surface area contributed by atoms with E-state index in [0.29, 0.717) is 11.4 Å². The number of carboxylic acid groups (broad SMARTS) is 1. The minimum absolute atomic E-state index is 0.121. The van der Waals surface area contributed by atoms with Crippen LogP contribution < -0.4 is 10.1 Å². The molecule has 1 aromatic carbocycles. The molecule has 8 heteroatoms. The number of carboxylic acids is 1. The van der Waals surface area contributed by atoms with Gasteiger partial charge in [-0.3, -0.25) is 4.79 Å². The van der Waals surface area contributed by atoms with E-state index in [1.807, 2.05) is 0 Å². The number of carbonyl (C=O) groups is 2. The van der Waals surface area contributed by atoms with Crippen molar-refractivity contribution >= 4 is 33.5 Å². The Hall–Kier alpha value is -2.35. The number of benzene rings is 1. The molecule has 2 aromatic rings. The predicted octanol–water partition coefficient (Wildman–Crippen LogP) is 2.40. The molecule has 0 atom stereocenters.